The minimum Gasteiger partial charge on any atom is -0.508 e. The summed E-state index contributed by atoms with van der Waals surface area (Å²) in [5, 5.41) is 9.37. The summed E-state index contributed by atoms with van der Waals surface area (Å²) in [6.45, 7) is 3.38. The van der Waals surface area contributed by atoms with Crippen molar-refractivity contribution < 1.29 is 23.0 Å². The van der Waals surface area contributed by atoms with Gasteiger partial charge in [0.15, 0.2) is 0 Å². The molecule has 3 nitrogen and oxygen atoms in total. The summed E-state index contributed by atoms with van der Waals surface area (Å²) in [5.41, 5.74) is 5.63. The van der Waals surface area contributed by atoms with Gasteiger partial charge in [0.05, 0.1) is 6.04 Å². The van der Waals surface area contributed by atoms with Gasteiger partial charge in [-0.25, -0.2) is 0 Å². The van der Waals surface area contributed by atoms with Crippen LogP contribution in [-0.2, 0) is 0 Å². The van der Waals surface area contributed by atoms with Crippen LogP contribution in [0, 0.1) is 0 Å². The van der Waals surface area contributed by atoms with Crippen LogP contribution in [0.2, 0.25) is 0 Å². The van der Waals surface area contributed by atoms with Gasteiger partial charge in [0.25, 0.3) is 0 Å². The number of aromatic hydroxyl groups is 1. The van der Waals surface area contributed by atoms with Gasteiger partial charge in [-0.15, -0.1) is 19.8 Å². The van der Waals surface area contributed by atoms with Gasteiger partial charge < -0.3 is 15.6 Å². The molecule has 0 aromatic heterocycles. The van der Waals surface area contributed by atoms with E-state index < -0.39 is 18.2 Å². The number of hydrogen-bond donors (Lipinski definition) is 2. The van der Waals surface area contributed by atoms with Gasteiger partial charge in [-0.2, -0.15) is 0 Å². The molecule has 0 spiro atoms. The van der Waals surface area contributed by atoms with E-state index in [9.17, 15) is 18.3 Å². The van der Waals surface area contributed by atoms with Crippen LogP contribution in [0.4, 0.5) is 13.2 Å². The van der Waals surface area contributed by atoms with Crippen molar-refractivity contribution in [3.05, 3.63) is 36.4 Å². The van der Waals surface area contributed by atoms with Gasteiger partial charge in [-0.05, 0) is 18.2 Å². The van der Waals surface area contributed by atoms with E-state index in [0.29, 0.717) is 0 Å². The summed E-state index contributed by atoms with van der Waals surface area (Å²) in [6, 6.07) is 2.36. The number of phenols is 1. The maximum atomic E-state index is 11.9. The summed E-state index contributed by atoms with van der Waals surface area (Å²) in [6.07, 6.45) is -3.47. The highest BCUT2D eigenvalue weighted by molar-refractivity contribution is 5.42. The lowest BCUT2D eigenvalue weighted by Gasteiger charge is -2.13. The maximum absolute atomic E-state index is 11.9. The first-order valence-corrected chi connectivity index (χ1v) is 4.30. The normalized spacial score (nSPS) is 13.2. The lowest BCUT2D eigenvalue weighted by Crippen LogP contribution is -2.17. The molecule has 1 atom stereocenters. The Kier molecular flexibility index (Phi) is 3.44. The van der Waals surface area contributed by atoms with E-state index in [1.54, 1.807) is 0 Å². The summed E-state index contributed by atoms with van der Waals surface area (Å²) >= 11 is 0. The molecule has 0 heterocycles. The number of halogens is 3. The van der Waals surface area contributed by atoms with E-state index in [1.165, 1.54) is 6.08 Å². The lowest BCUT2D eigenvalue weighted by molar-refractivity contribution is -0.274. The number of hydrogen-bond acceptors (Lipinski definition) is 3. The van der Waals surface area contributed by atoms with Crippen molar-refractivity contribution in [1.82, 2.24) is 0 Å². The molecule has 1 aromatic carbocycles. The van der Waals surface area contributed by atoms with Gasteiger partial charge >= 0.3 is 6.36 Å². The zero-order valence-corrected chi connectivity index (χ0v) is 8.16. The van der Waals surface area contributed by atoms with E-state index in [-0.39, 0.29) is 11.3 Å². The first-order chi connectivity index (χ1) is 7.33. The third-order valence-corrected chi connectivity index (χ3v) is 1.85. The largest absolute Gasteiger partial charge is 0.573 e. The van der Waals surface area contributed by atoms with Crippen molar-refractivity contribution in [2.45, 2.75) is 12.4 Å². The van der Waals surface area contributed by atoms with Crippen LogP contribution in [-0.4, -0.2) is 11.5 Å². The lowest BCUT2D eigenvalue weighted by atomic mass is 10.1. The molecule has 0 fully saturated rings. The Hall–Kier alpha value is -1.69. The van der Waals surface area contributed by atoms with Crippen molar-refractivity contribution in [1.29, 1.82) is 0 Å². The number of rotatable bonds is 3. The molecule has 88 valence electrons. The highest BCUT2D eigenvalue weighted by Crippen LogP contribution is 2.30. The SMILES string of the molecule is C=C[C@H](N)c1cc(OC(F)(F)F)ccc1O. The van der Waals surface area contributed by atoms with E-state index in [1.807, 2.05) is 0 Å². The van der Waals surface area contributed by atoms with Crippen LogP contribution in [0.1, 0.15) is 11.6 Å². The molecule has 0 unspecified atom stereocenters. The molecule has 0 aliphatic rings. The zero-order chi connectivity index (χ0) is 12.3. The van der Waals surface area contributed by atoms with Crippen LogP contribution in [0.5, 0.6) is 11.5 Å². The van der Waals surface area contributed by atoms with Crippen molar-refractivity contribution in [2.75, 3.05) is 0 Å². The highest BCUT2D eigenvalue weighted by Gasteiger charge is 2.31. The summed E-state index contributed by atoms with van der Waals surface area (Å²) < 4.78 is 39.5. The fourth-order valence-electron chi connectivity index (χ4n) is 1.12. The van der Waals surface area contributed by atoms with Crippen molar-refractivity contribution in [3.8, 4) is 11.5 Å². The minimum absolute atomic E-state index is 0.122. The maximum Gasteiger partial charge on any atom is 0.573 e. The van der Waals surface area contributed by atoms with Crippen LogP contribution in [0.3, 0.4) is 0 Å². The van der Waals surface area contributed by atoms with Gasteiger partial charge in [0, 0.05) is 5.56 Å². The topological polar surface area (TPSA) is 55.5 Å². The first-order valence-electron chi connectivity index (χ1n) is 4.30. The average Bonchev–Trinajstić information content (AvgIpc) is 2.18. The second-order valence-electron chi connectivity index (χ2n) is 3.03. The Morgan fingerprint density at radius 3 is 2.56 bits per heavy atom. The summed E-state index contributed by atoms with van der Waals surface area (Å²) in [4.78, 5) is 0. The fourth-order valence-corrected chi connectivity index (χ4v) is 1.12. The van der Waals surface area contributed by atoms with Gasteiger partial charge in [0.1, 0.15) is 11.5 Å². The number of ether oxygens (including phenoxy) is 1. The van der Waals surface area contributed by atoms with E-state index >= 15 is 0 Å². The van der Waals surface area contributed by atoms with Crippen LogP contribution in [0.25, 0.3) is 0 Å². The Balaban J connectivity index is 3.03. The summed E-state index contributed by atoms with van der Waals surface area (Å²) in [7, 11) is 0. The number of phenolic OH excluding ortho intramolecular Hbond substituents is 1. The Morgan fingerprint density at radius 2 is 2.06 bits per heavy atom. The molecule has 6 heteroatoms. The quantitative estimate of drug-likeness (QED) is 0.788. The first kappa shape index (κ1) is 12.4. The number of nitrogens with two attached hydrogens (primary N) is 1. The predicted molar refractivity (Wildman–Crippen MR) is 51.9 cm³/mol. The molecule has 0 bridgehead atoms. The highest BCUT2D eigenvalue weighted by atomic mass is 19.4. The van der Waals surface area contributed by atoms with Gasteiger partial charge in [-0.1, -0.05) is 6.08 Å². The van der Waals surface area contributed by atoms with E-state index in [4.69, 9.17) is 5.73 Å². The zero-order valence-electron chi connectivity index (χ0n) is 8.16. The monoisotopic (exact) mass is 233 g/mol. The molecule has 0 aliphatic carbocycles. The molecule has 0 amide bonds. The van der Waals surface area contributed by atoms with E-state index in [0.717, 1.165) is 18.2 Å². The van der Waals surface area contributed by atoms with Crippen LogP contribution in [0.15, 0.2) is 30.9 Å². The van der Waals surface area contributed by atoms with Crippen molar-refractivity contribution >= 4 is 0 Å². The number of alkyl halides is 3. The Bertz CT molecular complexity index is 390. The second-order valence-corrected chi connectivity index (χ2v) is 3.03. The van der Waals surface area contributed by atoms with E-state index in [2.05, 4.69) is 11.3 Å². The van der Waals surface area contributed by atoms with Crippen molar-refractivity contribution in [3.63, 3.8) is 0 Å². The standard InChI is InChI=1S/C10H10F3NO2/c1-2-8(14)7-5-6(3-4-9(7)15)16-10(11,12)13/h2-5,8,15H,1,14H2/t8-/m0/s1. The van der Waals surface area contributed by atoms with Crippen LogP contribution >= 0.6 is 0 Å². The molecule has 3 N–H and O–H groups in total. The molecule has 0 aliphatic heterocycles. The smallest absolute Gasteiger partial charge is 0.508 e. The Labute approximate surface area is 89.9 Å². The molecule has 16 heavy (non-hydrogen) atoms. The molecule has 0 saturated heterocycles. The average molecular weight is 233 g/mol. The molecule has 1 rings (SSSR count). The van der Waals surface area contributed by atoms with Gasteiger partial charge in [0.2, 0.25) is 0 Å². The van der Waals surface area contributed by atoms with Gasteiger partial charge in [-0.3, -0.25) is 0 Å². The second kappa shape index (κ2) is 4.44. The fraction of sp³-hybridized carbons (Fsp3) is 0.200. The Morgan fingerprint density at radius 1 is 1.44 bits per heavy atom. The molecular formula is C10H10F3NO2. The molecule has 1 aromatic rings. The molecule has 0 saturated carbocycles. The summed E-state index contributed by atoms with van der Waals surface area (Å²) in [5.74, 6) is -0.639. The van der Waals surface area contributed by atoms with Crippen molar-refractivity contribution in [2.24, 2.45) is 5.73 Å². The minimum atomic E-state index is -4.77. The predicted octanol–water partition coefficient (Wildman–Crippen LogP) is 2.48. The molecular weight excluding hydrogens is 223 g/mol. The third-order valence-electron chi connectivity index (χ3n) is 1.85. The number of benzene rings is 1. The third kappa shape index (κ3) is 3.16. The van der Waals surface area contributed by atoms with Crippen LogP contribution < -0.4 is 10.5 Å². The molecule has 0 radical (unpaired) electrons.